The first kappa shape index (κ1) is 29.5. The molecule has 0 saturated heterocycles. The molecule has 0 aliphatic carbocycles. The van der Waals surface area contributed by atoms with E-state index in [0.717, 1.165) is 16.5 Å². The fraction of sp³-hybridized carbons (Fsp3) is 0.290. The smallest absolute Gasteiger partial charge is 0.322 e. The summed E-state index contributed by atoms with van der Waals surface area (Å²) in [6.45, 7) is 8.48. The Labute approximate surface area is 248 Å². The van der Waals surface area contributed by atoms with Crippen molar-refractivity contribution >= 4 is 45.2 Å². The van der Waals surface area contributed by atoms with Gasteiger partial charge in [0.25, 0.3) is 5.91 Å². The topological polar surface area (TPSA) is 79.9 Å². The Morgan fingerprint density at radius 2 is 1.80 bits per heavy atom. The van der Waals surface area contributed by atoms with Crippen LogP contribution in [0.25, 0.3) is 0 Å². The van der Waals surface area contributed by atoms with Crippen molar-refractivity contribution in [2.45, 2.75) is 40.2 Å². The normalized spacial score (nSPS) is 15.2. The van der Waals surface area contributed by atoms with Crippen LogP contribution in [0.2, 0.25) is 5.02 Å². The lowest BCUT2D eigenvalue weighted by molar-refractivity contribution is -0.113. The van der Waals surface area contributed by atoms with Gasteiger partial charge in [-0.3, -0.25) is 9.69 Å². The number of anilines is 1. The molecule has 1 aliphatic heterocycles. The quantitative estimate of drug-likeness (QED) is 0.251. The Morgan fingerprint density at radius 3 is 2.48 bits per heavy atom. The predicted octanol–water partition coefficient (Wildman–Crippen LogP) is 8.24. The number of halogens is 2. The van der Waals surface area contributed by atoms with E-state index in [9.17, 15) is 9.59 Å². The third-order valence-corrected chi connectivity index (χ3v) is 7.44. The predicted molar refractivity (Wildman–Crippen MR) is 162 cm³/mol. The van der Waals surface area contributed by atoms with Gasteiger partial charge in [0.05, 0.1) is 24.4 Å². The van der Waals surface area contributed by atoms with E-state index in [1.807, 2.05) is 49.4 Å². The molecule has 40 heavy (non-hydrogen) atoms. The van der Waals surface area contributed by atoms with Crippen LogP contribution in [0.15, 0.2) is 76.4 Å². The first-order chi connectivity index (χ1) is 19.1. The van der Waals surface area contributed by atoms with E-state index in [-0.39, 0.29) is 11.9 Å². The standard InChI is InChI=1S/C31H33BrClN3O4/c1-18(2)14-15-36-20(4)28(30(37)34-25-17-22(33)9-13-26(25)39-5)29(35-31(36)38)24-12-8-21(32)16-27(24)40-23-10-6-19(3)7-11-23/h6-13,16-18,29H,14-15H2,1-5H3,(H,34,37)(H,35,38). The van der Waals surface area contributed by atoms with Gasteiger partial charge < -0.3 is 20.1 Å². The molecule has 4 rings (SSSR count). The van der Waals surface area contributed by atoms with Gasteiger partial charge in [-0.05, 0) is 68.7 Å². The second-order valence-electron chi connectivity index (χ2n) is 10.1. The van der Waals surface area contributed by atoms with Gasteiger partial charge in [-0.2, -0.15) is 0 Å². The number of benzene rings is 3. The van der Waals surface area contributed by atoms with E-state index >= 15 is 0 Å². The van der Waals surface area contributed by atoms with Crippen LogP contribution < -0.4 is 20.1 Å². The van der Waals surface area contributed by atoms with Crippen LogP contribution in [0.3, 0.4) is 0 Å². The van der Waals surface area contributed by atoms with E-state index in [1.165, 1.54) is 7.11 Å². The number of ether oxygens (including phenoxy) is 2. The zero-order valence-corrected chi connectivity index (χ0v) is 25.5. The molecule has 9 heteroatoms. The molecule has 2 N–H and O–H groups in total. The molecule has 1 aliphatic rings. The minimum Gasteiger partial charge on any atom is -0.495 e. The van der Waals surface area contributed by atoms with Crippen molar-refractivity contribution < 1.29 is 19.1 Å². The number of nitrogens with one attached hydrogen (secondary N) is 2. The van der Waals surface area contributed by atoms with Gasteiger partial charge in [0, 0.05) is 27.3 Å². The molecule has 0 spiro atoms. The molecule has 0 saturated carbocycles. The first-order valence-corrected chi connectivity index (χ1v) is 14.2. The SMILES string of the molecule is COc1ccc(Cl)cc1NC(=O)C1=C(C)N(CCC(C)C)C(=O)NC1c1ccc(Br)cc1Oc1ccc(C)cc1. The van der Waals surface area contributed by atoms with Gasteiger partial charge in [-0.25, -0.2) is 4.79 Å². The van der Waals surface area contributed by atoms with Gasteiger partial charge in [0.15, 0.2) is 0 Å². The maximum atomic E-state index is 14.0. The van der Waals surface area contributed by atoms with Crippen molar-refractivity contribution in [1.82, 2.24) is 10.2 Å². The van der Waals surface area contributed by atoms with Crippen molar-refractivity contribution in [3.05, 3.63) is 92.6 Å². The summed E-state index contributed by atoms with van der Waals surface area (Å²) in [7, 11) is 1.53. The number of urea groups is 1. The van der Waals surface area contributed by atoms with Gasteiger partial charge in [0.1, 0.15) is 17.2 Å². The van der Waals surface area contributed by atoms with Crippen LogP contribution in [-0.4, -0.2) is 30.5 Å². The number of aryl methyl sites for hydroxylation is 1. The lowest BCUT2D eigenvalue weighted by atomic mass is 9.93. The summed E-state index contributed by atoms with van der Waals surface area (Å²) in [5, 5.41) is 6.47. The lowest BCUT2D eigenvalue weighted by Gasteiger charge is -2.36. The average Bonchev–Trinajstić information content (AvgIpc) is 2.89. The Bertz CT molecular complexity index is 1440. The maximum absolute atomic E-state index is 14.0. The summed E-state index contributed by atoms with van der Waals surface area (Å²) >= 11 is 9.76. The number of allylic oxidation sites excluding steroid dienone is 1. The second-order valence-corrected chi connectivity index (χ2v) is 11.5. The monoisotopic (exact) mass is 625 g/mol. The van der Waals surface area contributed by atoms with Gasteiger partial charge in [0.2, 0.25) is 0 Å². The largest absolute Gasteiger partial charge is 0.495 e. The highest BCUT2D eigenvalue weighted by atomic mass is 79.9. The molecule has 3 amide bonds. The van der Waals surface area contributed by atoms with Crippen LogP contribution in [-0.2, 0) is 4.79 Å². The number of carbonyl (C=O) groups is 2. The second kappa shape index (κ2) is 12.8. The number of carbonyl (C=O) groups excluding carboxylic acids is 2. The van der Waals surface area contributed by atoms with Gasteiger partial charge >= 0.3 is 6.03 Å². The van der Waals surface area contributed by atoms with Crippen LogP contribution in [0.1, 0.15) is 44.4 Å². The van der Waals surface area contributed by atoms with Gasteiger partial charge in [-0.15, -0.1) is 0 Å². The molecule has 210 valence electrons. The number of hydrogen-bond donors (Lipinski definition) is 2. The first-order valence-electron chi connectivity index (χ1n) is 13.0. The molecule has 1 unspecified atom stereocenters. The molecule has 0 fully saturated rings. The molecule has 3 aromatic rings. The number of rotatable bonds is 9. The Kier molecular flexibility index (Phi) is 9.43. The van der Waals surface area contributed by atoms with Gasteiger partial charge in [-0.1, -0.05) is 65.1 Å². The molecule has 0 aromatic heterocycles. The van der Waals surface area contributed by atoms with Crippen LogP contribution in [0, 0.1) is 12.8 Å². The number of nitrogens with zero attached hydrogens (tertiary/aromatic N) is 1. The Balaban J connectivity index is 1.80. The number of hydrogen-bond acceptors (Lipinski definition) is 4. The highest BCUT2D eigenvalue weighted by molar-refractivity contribution is 9.10. The maximum Gasteiger partial charge on any atom is 0.322 e. The van der Waals surface area contributed by atoms with Crippen LogP contribution in [0.4, 0.5) is 10.5 Å². The number of amides is 3. The minimum atomic E-state index is -0.776. The highest BCUT2D eigenvalue weighted by Crippen LogP contribution is 2.40. The molecule has 0 bridgehead atoms. The molecule has 1 heterocycles. The molecular weight excluding hydrogens is 594 g/mol. The minimum absolute atomic E-state index is 0.274. The summed E-state index contributed by atoms with van der Waals surface area (Å²) in [5.74, 6) is 1.61. The summed E-state index contributed by atoms with van der Waals surface area (Å²) < 4.78 is 12.5. The molecular formula is C31H33BrClN3O4. The summed E-state index contributed by atoms with van der Waals surface area (Å²) in [4.78, 5) is 29.0. The van der Waals surface area contributed by atoms with E-state index in [0.29, 0.717) is 57.3 Å². The van der Waals surface area contributed by atoms with Crippen molar-refractivity contribution in [3.8, 4) is 17.2 Å². The third-order valence-electron chi connectivity index (χ3n) is 6.72. The van der Waals surface area contributed by atoms with Crippen molar-refractivity contribution in [1.29, 1.82) is 0 Å². The Morgan fingerprint density at radius 1 is 1.07 bits per heavy atom. The highest BCUT2D eigenvalue weighted by Gasteiger charge is 2.37. The van der Waals surface area contributed by atoms with Crippen molar-refractivity contribution in [2.75, 3.05) is 19.0 Å². The Hall–Kier alpha value is -3.49. The molecule has 3 aromatic carbocycles. The van der Waals surface area contributed by atoms with E-state index in [1.54, 1.807) is 30.0 Å². The summed E-state index contributed by atoms with van der Waals surface area (Å²) in [5.41, 5.74) is 3.13. The van der Waals surface area contributed by atoms with Crippen LogP contribution >= 0.6 is 27.5 Å². The van der Waals surface area contributed by atoms with E-state index in [4.69, 9.17) is 21.1 Å². The van der Waals surface area contributed by atoms with E-state index < -0.39 is 6.04 Å². The third kappa shape index (κ3) is 6.80. The fourth-order valence-corrected chi connectivity index (χ4v) is 5.01. The summed E-state index contributed by atoms with van der Waals surface area (Å²) in [6, 6.07) is 17.2. The van der Waals surface area contributed by atoms with Crippen LogP contribution in [0.5, 0.6) is 17.2 Å². The van der Waals surface area contributed by atoms with Crippen molar-refractivity contribution in [2.24, 2.45) is 5.92 Å². The van der Waals surface area contributed by atoms with E-state index in [2.05, 4.69) is 40.4 Å². The zero-order chi connectivity index (χ0) is 29.0. The summed E-state index contributed by atoms with van der Waals surface area (Å²) in [6.07, 6.45) is 0.784. The molecule has 1 atom stereocenters. The molecule has 7 nitrogen and oxygen atoms in total. The average molecular weight is 627 g/mol. The zero-order valence-electron chi connectivity index (χ0n) is 23.2. The fourth-order valence-electron chi connectivity index (χ4n) is 4.50. The van der Waals surface area contributed by atoms with Crippen molar-refractivity contribution in [3.63, 3.8) is 0 Å². The number of methoxy groups -OCH3 is 1. The molecule has 0 radical (unpaired) electrons. The lowest BCUT2D eigenvalue weighted by Crippen LogP contribution is -2.49.